The number of rotatable bonds is 13. The maximum absolute atomic E-state index is 13.6. The first-order chi connectivity index (χ1) is 16.9. The fourth-order valence-electron chi connectivity index (χ4n) is 5.17. The Morgan fingerprint density at radius 1 is 0.886 bits per heavy atom. The molecule has 6 heteroatoms. The molecule has 1 N–H and O–H groups in total. The molecule has 2 aromatic carbocycles. The summed E-state index contributed by atoms with van der Waals surface area (Å²) in [6.07, 6.45) is 8.76. The van der Waals surface area contributed by atoms with Gasteiger partial charge in [-0.2, -0.15) is 0 Å². The topological polar surface area (TPSA) is 49.8 Å². The summed E-state index contributed by atoms with van der Waals surface area (Å²) >= 11 is 0. The van der Waals surface area contributed by atoms with Crippen LogP contribution in [0.4, 0.5) is 8.78 Å². The summed E-state index contributed by atoms with van der Waals surface area (Å²) in [5, 5.41) is 11.9. The molecule has 1 heterocycles. The molecule has 0 aromatic heterocycles. The van der Waals surface area contributed by atoms with Crippen molar-refractivity contribution in [3.05, 3.63) is 71.3 Å². The van der Waals surface area contributed by atoms with E-state index in [-0.39, 0.29) is 23.5 Å². The highest BCUT2D eigenvalue weighted by Gasteiger charge is 2.41. The van der Waals surface area contributed by atoms with E-state index in [0.717, 1.165) is 58.2 Å². The van der Waals surface area contributed by atoms with Gasteiger partial charge in [-0.3, -0.25) is 4.79 Å². The van der Waals surface area contributed by atoms with Gasteiger partial charge in [-0.1, -0.05) is 49.9 Å². The molecule has 0 atom stereocenters. The number of carbonyl (C=O) groups is 1. The lowest BCUT2D eigenvalue weighted by Gasteiger charge is -2.42. The lowest BCUT2D eigenvalue weighted by atomic mass is 9.72. The third kappa shape index (κ3) is 7.84. The van der Waals surface area contributed by atoms with Crippen molar-refractivity contribution in [2.24, 2.45) is 5.92 Å². The maximum atomic E-state index is 13.6. The minimum Gasteiger partial charge on any atom is -0.466 e. The smallest absolute Gasteiger partial charge is 0.305 e. The zero-order chi connectivity index (χ0) is 25.1. The number of halogens is 2. The van der Waals surface area contributed by atoms with Gasteiger partial charge in [0.2, 0.25) is 0 Å². The van der Waals surface area contributed by atoms with Crippen LogP contribution in [0.25, 0.3) is 0 Å². The Morgan fingerprint density at radius 2 is 1.37 bits per heavy atom. The Balaban J connectivity index is 1.45. The van der Waals surface area contributed by atoms with E-state index in [9.17, 15) is 18.7 Å². The largest absolute Gasteiger partial charge is 0.466 e. The van der Waals surface area contributed by atoms with Gasteiger partial charge in [-0.25, -0.2) is 8.78 Å². The number of hydrogen-bond donors (Lipinski definition) is 1. The van der Waals surface area contributed by atoms with Gasteiger partial charge in [-0.15, -0.1) is 0 Å². The maximum Gasteiger partial charge on any atom is 0.305 e. The van der Waals surface area contributed by atoms with Gasteiger partial charge in [0.05, 0.1) is 6.61 Å². The minimum atomic E-state index is -1.28. The fraction of sp³-hybridized carbons (Fsp3) is 0.552. The predicted molar refractivity (Wildman–Crippen MR) is 134 cm³/mol. The number of likely N-dealkylation sites (tertiary alicyclic amines) is 1. The summed E-state index contributed by atoms with van der Waals surface area (Å²) in [7, 11) is 0. The van der Waals surface area contributed by atoms with Crippen LogP contribution in [0.3, 0.4) is 0 Å². The average Bonchev–Trinajstić information content (AvgIpc) is 2.86. The second kappa shape index (κ2) is 13.7. The molecule has 0 radical (unpaired) electrons. The van der Waals surface area contributed by atoms with Crippen LogP contribution in [-0.4, -0.2) is 42.2 Å². The predicted octanol–water partition coefficient (Wildman–Crippen LogP) is 6.21. The van der Waals surface area contributed by atoms with E-state index in [0.29, 0.717) is 24.2 Å². The summed E-state index contributed by atoms with van der Waals surface area (Å²) in [6, 6.07) is 12.0. The van der Waals surface area contributed by atoms with Gasteiger partial charge in [0.15, 0.2) is 0 Å². The van der Waals surface area contributed by atoms with Crippen LogP contribution in [0.15, 0.2) is 48.5 Å². The van der Waals surface area contributed by atoms with Crippen molar-refractivity contribution in [2.75, 3.05) is 26.2 Å². The molecular weight excluding hydrogens is 448 g/mol. The minimum absolute atomic E-state index is 0.0333. The third-order valence-corrected chi connectivity index (χ3v) is 7.16. The number of piperidine rings is 1. The molecule has 0 aliphatic carbocycles. The molecule has 0 bridgehead atoms. The normalized spacial score (nSPS) is 15.3. The molecule has 192 valence electrons. The molecule has 1 aliphatic rings. The van der Waals surface area contributed by atoms with E-state index in [1.54, 1.807) is 24.3 Å². The Hall–Kier alpha value is -2.31. The van der Waals surface area contributed by atoms with E-state index in [1.165, 1.54) is 37.1 Å². The van der Waals surface area contributed by atoms with Gasteiger partial charge in [-0.05, 0) is 93.6 Å². The molecule has 1 saturated heterocycles. The lowest BCUT2D eigenvalue weighted by Crippen LogP contribution is -2.44. The number of hydrogen-bond acceptors (Lipinski definition) is 4. The summed E-state index contributed by atoms with van der Waals surface area (Å²) < 4.78 is 32.1. The highest BCUT2D eigenvalue weighted by atomic mass is 19.1. The van der Waals surface area contributed by atoms with Crippen molar-refractivity contribution >= 4 is 5.97 Å². The zero-order valence-corrected chi connectivity index (χ0v) is 20.9. The third-order valence-electron chi connectivity index (χ3n) is 7.16. The monoisotopic (exact) mass is 487 g/mol. The van der Waals surface area contributed by atoms with Gasteiger partial charge in [0, 0.05) is 6.42 Å². The lowest BCUT2D eigenvalue weighted by molar-refractivity contribution is -0.143. The summed E-state index contributed by atoms with van der Waals surface area (Å²) in [5.74, 6) is -0.816. The van der Waals surface area contributed by atoms with Crippen LogP contribution in [0.2, 0.25) is 0 Å². The van der Waals surface area contributed by atoms with Crippen molar-refractivity contribution < 1.29 is 23.4 Å². The number of aliphatic hydroxyl groups is 1. The van der Waals surface area contributed by atoms with Crippen LogP contribution in [0, 0.1) is 17.6 Å². The van der Waals surface area contributed by atoms with E-state index in [4.69, 9.17) is 4.74 Å². The number of carbonyl (C=O) groups excluding carboxylic acids is 1. The highest BCUT2D eigenvalue weighted by molar-refractivity contribution is 5.69. The first-order valence-corrected chi connectivity index (χ1v) is 13.1. The van der Waals surface area contributed by atoms with Crippen LogP contribution >= 0.6 is 0 Å². The number of ether oxygens (including phenoxy) is 1. The van der Waals surface area contributed by atoms with E-state index >= 15 is 0 Å². The van der Waals surface area contributed by atoms with Crippen LogP contribution in [-0.2, 0) is 15.1 Å². The molecule has 35 heavy (non-hydrogen) atoms. The number of benzene rings is 2. The van der Waals surface area contributed by atoms with Gasteiger partial charge in [0.25, 0.3) is 0 Å². The molecular formula is C29H39F2NO3. The van der Waals surface area contributed by atoms with Crippen molar-refractivity contribution in [3.63, 3.8) is 0 Å². The van der Waals surface area contributed by atoms with Crippen molar-refractivity contribution in [1.82, 2.24) is 4.90 Å². The van der Waals surface area contributed by atoms with Gasteiger partial charge < -0.3 is 14.7 Å². The second-order valence-corrected chi connectivity index (χ2v) is 9.57. The fourth-order valence-corrected chi connectivity index (χ4v) is 5.17. The quantitative estimate of drug-likeness (QED) is 0.270. The number of nitrogens with zero attached hydrogens (tertiary/aromatic N) is 1. The molecule has 0 amide bonds. The SMILES string of the molecule is CCOC(=O)CCCCCCCCN1CCC(C(O)(c2ccc(F)cc2)c2ccc(F)cc2)CC1. The summed E-state index contributed by atoms with van der Waals surface area (Å²) in [5.41, 5.74) is 0.00987. The Kier molecular flexibility index (Phi) is 10.7. The number of unbranched alkanes of at least 4 members (excludes halogenated alkanes) is 5. The second-order valence-electron chi connectivity index (χ2n) is 9.57. The molecule has 1 fully saturated rings. The highest BCUT2D eigenvalue weighted by Crippen LogP contribution is 2.42. The molecule has 1 aliphatic heterocycles. The van der Waals surface area contributed by atoms with Gasteiger partial charge >= 0.3 is 5.97 Å². The standard InChI is InChI=1S/C29H39F2NO3/c1-2-35-28(33)9-7-5-3-4-6-8-20-32-21-18-25(19-22-32)29(34,23-10-14-26(30)15-11-23)24-12-16-27(31)17-13-24/h10-17,25,34H,2-9,18-22H2,1H3. The Labute approximate surface area is 208 Å². The Bertz CT molecular complexity index is 848. The molecule has 3 rings (SSSR count). The van der Waals surface area contributed by atoms with Crippen LogP contribution < -0.4 is 0 Å². The van der Waals surface area contributed by atoms with Crippen molar-refractivity contribution in [3.8, 4) is 0 Å². The Morgan fingerprint density at radius 3 is 1.89 bits per heavy atom. The van der Waals surface area contributed by atoms with E-state index in [2.05, 4.69) is 4.90 Å². The molecule has 4 nitrogen and oxygen atoms in total. The average molecular weight is 488 g/mol. The molecule has 2 aromatic rings. The molecule has 0 saturated carbocycles. The summed E-state index contributed by atoms with van der Waals surface area (Å²) in [4.78, 5) is 13.8. The zero-order valence-electron chi connectivity index (χ0n) is 20.9. The first kappa shape index (κ1) is 27.3. The van der Waals surface area contributed by atoms with Crippen molar-refractivity contribution in [1.29, 1.82) is 0 Å². The van der Waals surface area contributed by atoms with E-state index < -0.39 is 5.60 Å². The van der Waals surface area contributed by atoms with Crippen LogP contribution in [0.1, 0.15) is 75.8 Å². The first-order valence-electron chi connectivity index (χ1n) is 13.1. The molecule has 0 spiro atoms. The summed E-state index contributed by atoms with van der Waals surface area (Å²) in [6.45, 7) is 5.12. The van der Waals surface area contributed by atoms with Crippen molar-refractivity contribution in [2.45, 2.75) is 70.3 Å². The molecule has 0 unspecified atom stereocenters. The number of esters is 1. The van der Waals surface area contributed by atoms with E-state index in [1.807, 2.05) is 6.92 Å². The van der Waals surface area contributed by atoms with Crippen LogP contribution in [0.5, 0.6) is 0 Å². The van der Waals surface area contributed by atoms with Gasteiger partial charge in [0.1, 0.15) is 17.2 Å².